The molecule has 0 saturated carbocycles. The Morgan fingerprint density at radius 2 is 2.14 bits per heavy atom. The molecule has 5 nitrogen and oxygen atoms in total. The number of aryl methyl sites for hydroxylation is 1. The van der Waals surface area contributed by atoms with Crippen molar-refractivity contribution in [3.63, 3.8) is 0 Å². The molecule has 6 heteroatoms. The van der Waals surface area contributed by atoms with Crippen molar-refractivity contribution < 1.29 is 0 Å². The van der Waals surface area contributed by atoms with E-state index in [1.54, 1.807) is 0 Å². The highest BCUT2D eigenvalue weighted by Gasteiger charge is 2.22. The maximum atomic E-state index is 12.2. The van der Waals surface area contributed by atoms with Crippen molar-refractivity contribution in [1.29, 1.82) is 0 Å². The van der Waals surface area contributed by atoms with Crippen LogP contribution in [-0.2, 0) is 6.54 Å². The lowest BCUT2D eigenvalue weighted by Crippen LogP contribution is -2.36. The number of anilines is 1. The molecule has 0 aromatic carbocycles. The van der Waals surface area contributed by atoms with E-state index >= 15 is 0 Å². The van der Waals surface area contributed by atoms with Gasteiger partial charge in [0.15, 0.2) is 0 Å². The third-order valence-corrected chi connectivity index (χ3v) is 4.91. The minimum Gasteiger partial charge on any atom is -0.369 e. The van der Waals surface area contributed by atoms with Gasteiger partial charge in [0.1, 0.15) is 4.47 Å². The van der Waals surface area contributed by atoms with Crippen LogP contribution >= 0.6 is 15.9 Å². The molecule has 0 radical (unpaired) electrons. The normalized spacial score (nSPS) is 16.4. The monoisotopic (exact) mass is 356 g/mol. The van der Waals surface area contributed by atoms with Gasteiger partial charge in [-0.05, 0) is 61.1 Å². The summed E-state index contributed by atoms with van der Waals surface area (Å²) in [5.41, 5.74) is 0.922. The molecular formula is C15H25BrN4O. The summed E-state index contributed by atoms with van der Waals surface area (Å²) in [7, 11) is 2.00. The molecule has 1 aromatic heterocycles. The van der Waals surface area contributed by atoms with Gasteiger partial charge >= 0.3 is 0 Å². The fourth-order valence-electron chi connectivity index (χ4n) is 2.86. The lowest BCUT2D eigenvalue weighted by Gasteiger charge is -2.33. The molecule has 21 heavy (non-hydrogen) atoms. The van der Waals surface area contributed by atoms with Crippen molar-refractivity contribution in [2.45, 2.75) is 39.2 Å². The number of rotatable bonds is 6. The van der Waals surface area contributed by atoms with Crippen molar-refractivity contribution in [3.05, 3.63) is 21.0 Å². The minimum absolute atomic E-state index is 0.0216. The van der Waals surface area contributed by atoms with Gasteiger partial charge in [0.25, 0.3) is 5.56 Å². The Morgan fingerprint density at radius 1 is 1.43 bits per heavy atom. The van der Waals surface area contributed by atoms with Crippen molar-refractivity contribution >= 4 is 21.6 Å². The van der Waals surface area contributed by atoms with Crippen LogP contribution in [0, 0.1) is 5.92 Å². The van der Waals surface area contributed by atoms with Gasteiger partial charge in [-0.25, -0.2) is 4.68 Å². The second kappa shape index (κ2) is 7.94. The van der Waals surface area contributed by atoms with E-state index in [9.17, 15) is 4.79 Å². The standard InChI is InChI=1S/C15H25BrN4O/c1-3-8-20-15(21)14(16)13(11-18-20)19-9-5-12(6-10-19)4-7-17-2/h11-12,17H,3-10H2,1-2H3. The molecule has 0 bridgehead atoms. The van der Waals surface area contributed by atoms with Crippen LogP contribution in [0.3, 0.4) is 0 Å². The molecular weight excluding hydrogens is 332 g/mol. The quantitative estimate of drug-likeness (QED) is 0.849. The highest BCUT2D eigenvalue weighted by Crippen LogP contribution is 2.28. The number of piperidine rings is 1. The van der Waals surface area contributed by atoms with Crippen LogP contribution in [0.1, 0.15) is 32.6 Å². The van der Waals surface area contributed by atoms with Crippen LogP contribution in [0.25, 0.3) is 0 Å². The van der Waals surface area contributed by atoms with Gasteiger partial charge in [0, 0.05) is 19.6 Å². The maximum absolute atomic E-state index is 12.2. The Balaban J connectivity index is 2.03. The Labute approximate surface area is 134 Å². The second-order valence-corrected chi connectivity index (χ2v) is 6.49. The maximum Gasteiger partial charge on any atom is 0.283 e. The van der Waals surface area contributed by atoms with Gasteiger partial charge < -0.3 is 10.2 Å². The summed E-state index contributed by atoms with van der Waals surface area (Å²) >= 11 is 3.47. The van der Waals surface area contributed by atoms with Gasteiger partial charge in [0.05, 0.1) is 11.9 Å². The zero-order valence-electron chi connectivity index (χ0n) is 12.9. The summed E-state index contributed by atoms with van der Waals surface area (Å²) in [4.78, 5) is 14.5. The predicted octanol–water partition coefficient (Wildman–Crippen LogP) is 2.24. The molecule has 0 spiro atoms. The molecule has 2 rings (SSSR count). The van der Waals surface area contributed by atoms with Gasteiger partial charge in [-0.3, -0.25) is 4.79 Å². The van der Waals surface area contributed by atoms with Crippen LogP contribution < -0.4 is 15.8 Å². The summed E-state index contributed by atoms with van der Waals surface area (Å²) < 4.78 is 2.19. The van der Waals surface area contributed by atoms with Gasteiger partial charge in [-0.15, -0.1) is 0 Å². The third-order valence-electron chi connectivity index (χ3n) is 4.16. The van der Waals surface area contributed by atoms with Crippen molar-refractivity contribution in [2.24, 2.45) is 5.92 Å². The van der Waals surface area contributed by atoms with Crippen molar-refractivity contribution in [1.82, 2.24) is 15.1 Å². The molecule has 1 saturated heterocycles. The largest absolute Gasteiger partial charge is 0.369 e. The van der Waals surface area contributed by atoms with Crippen LogP contribution in [-0.4, -0.2) is 36.5 Å². The summed E-state index contributed by atoms with van der Waals surface area (Å²) in [5.74, 6) is 0.792. The second-order valence-electron chi connectivity index (χ2n) is 5.69. The number of nitrogens with zero attached hydrogens (tertiary/aromatic N) is 3. The molecule has 1 aliphatic heterocycles. The number of aromatic nitrogens is 2. The van der Waals surface area contributed by atoms with Crippen LogP contribution in [0.2, 0.25) is 0 Å². The first-order valence-electron chi connectivity index (χ1n) is 7.82. The van der Waals surface area contributed by atoms with E-state index < -0.39 is 0 Å². The molecule has 1 aromatic rings. The fourth-order valence-corrected chi connectivity index (χ4v) is 3.42. The van der Waals surface area contributed by atoms with Crippen molar-refractivity contribution in [3.8, 4) is 0 Å². The zero-order valence-corrected chi connectivity index (χ0v) is 14.5. The number of halogens is 1. The number of nitrogens with one attached hydrogen (secondary N) is 1. The summed E-state index contributed by atoms with van der Waals surface area (Å²) in [5, 5.41) is 7.51. The smallest absolute Gasteiger partial charge is 0.283 e. The SMILES string of the molecule is CCCn1ncc(N2CCC(CCNC)CC2)c(Br)c1=O. The van der Waals surface area contributed by atoms with E-state index in [1.807, 2.05) is 20.2 Å². The molecule has 1 fully saturated rings. The fraction of sp³-hybridized carbons (Fsp3) is 0.733. The van der Waals surface area contributed by atoms with Gasteiger partial charge in [-0.2, -0.15) is 5.10 Å². The summed E-state index contributed by atoms with van der Waals surface area (Å²) in [6.45, 7) is 5.82. The van der Waals surface area contributed by atoms with Gasteiger partial charge in [-0.1, -0.05) is 6.92 Å². The van der Waals surface area contributed by atoms with E-state index in [4.69, 9.17) is 0 Å². The highest BCUT2D eigenvalue weighted by atomic mass is 79.9. The summed E-state index contributed by atoms with van der Waals surface area (Å²) in [6, 6.07) is 0. The number of hydrogen-bond donors (Lipinski definition) is 1. The molecule has 0 atom stereocenters. The van der Waals surface area contributed by atoms with Crippen LogP contribution in [0.15, 0.2) is 15.5 Å². The Morgan fingerprint density at radius 3 is 2.76 bits per heavy atom. The average Bonchev–Trinajstić information content (AvgIpc) is 2.51. The van der Waals surface area contributed by atoms with E-state index in [0.29, 0.717) is 11.0 Å². The molecule has 1 aliphatic rings. The van der Waals surface area contributed by atoms with E-state index in [-0.39, 0.29) is 5.56 Å². The van der Waals surface area contributed by atoms with Crippen molar-refractivity contribution in [2.75, 3.05) is 31.6 Å². The zero-order chi connectivity index (χ0) is 15.2. The molecule has 0 unspecified atom stereocenters. The van der Waals surface area contributed by atoms with Gasteiger partial charge in [0.2, 0.25) is 0 Å². The first-order chi connectivity index (χ1) is 10.2. The van der Waals surface area contributed by atoms with Crippen LogP contribution in [0.5, 0.6) is 0 Å². The first-order valence-corrected chi connectivity index (χ1v) is 8.61. The molecule has 0 aliphatic carbocycles. The van der Waals surface area contributed by atoms with E-state index in [1.165, 1.54) is 23.9 Å². The Hall–Kier alpha value is -0.880. The topological polar surface area (TPSA) is 50.2 Å². The molecule has 118 valence electrons. The molecule has 2 heterocycles. The summed E-state index contributed by atoms with van der Waals surface area (Å²) in [6.07, 6.45) is 6.35. The minimum atomic E-state index is -0.0216. The average molecular weight is 357 g/mol. The predicted molar refractivity (Wildman–Crippen MR) is 90.0 cm³/mol. The molecule has 0 amide bonds. The first kappa shape index (κ1) is 16.5. The Kier molecular flexibility index (Phi) is 6.23. The highest BCUT2D eigenvalue weighted by molar-refractivity contribution is 9.10. The lowest BCUT2D eigenvalue weighted by molar-refractivity contribution is 0.377. The number of hydrogen-bond acceptors (Lipinski definition) is 4. The molecule has 1 N–H and O–H groups in total. The van der Waals surface area contributed by atoms with Crippen LogP contribution in [0.4, 0.5) is 5.69 Å². The lowest BCUT2D eigenvalue weighted by atomic mass is 9.93. The van der Waals surface area contributed by atoms with E-state index in [2.05, 4.69) is 31.2 Å². The van der Waals surface area contributed by atoms with E-state index in [0.717, 1.165) is 37.7 Å². The Bertz CT molecular complexity index is 509. The third kappa shape index (κ3) is 4.07.